The fraction of sp³-hybridized carbons (Fsp3) is 0.400. The van der Waals surface area contributed by atoms with Crippen LogP contribution in [0.1, 0.15) is 27.7 Å². The predicted molar refractivity (Wildman–Crippen MR) is 87.5 cm³/mol. The fourth-order valence-corrected chi connectivity index (χ4v) is 2.16. The summed E-state index contributed by atoms with van der Waals surface area (Å²) in [6.45, 7) is 8.08. The second-order valence-electron chi connectivity index (χ2n) is 5.83. The Kier molecular flexibility index (Phi) is 4.67. The Hall–Kier alpha value is -1.82. The van der Waals surface area contributed by atoms with Crippen LogP contribution >= 0.6 is 11.8 Å². The Balaban J connectivity index is 1.89. The fourth-order valence-electron chi connectivity index (χ4n) is 1.48. The zero-order valence-electron chi connectivity index (χ0n) is 12.7. The van der Waals surface area contributed by atoms with Gasteiger partial charge in [0.2, 0.25) is 0 Å². The topological polar surface area (TPSA) is 70.1 Å². The number of nitrogens with zero attached hydrogens (tertiary/aromatic N) is 2. The summed E-state index contributed by atoms with van der Waals surface area (Å²) in [6.07, 6.45) is 0. The van der Waals surface area contributed by atoms with Crippen LogP contribution in [0.3, 0.4) is 0 Å². The van der Waals surface area contributed by atoms with Crippen LogP contribution in [-0.2, 0) is 4.79 Å². The van der Waals surface area contributed by atoms with E-state index in [0.717, 1.165) is 21.9 Å². The number of aromatic nitrogens is 2. The predicted octanol–water partition coefficient (Wildman–Crippen LogP) is 3.19. The van der Waals surface area contributed by atoms with Crippen LogP contribution in [-0.4, -0.2) is 27.3 Å². The Morgan fingerprint density at radius 3 is 2.76 bits per heavy atom. The highest BCUT2D eigenvalue weighted by Crippen LogP contribution is 2.19. The number of aromatic amines is 1. The van der Waals surface area contributed by atoms with E-state index in [9.17, 15) is 4.79 Å². The van der Waals surface area contributed by atoms with Crippen molar-refractivity contribution in [2.24, 2.45) is 10.5 Å². The van der Waals surface area contributed by atoms with Gasteiger partial charge in [-0.15, -0.1) is 0 Å². The van der Waals surface area contributed by atoms with Crippen LogP contribution in [0.15, 0.2) is 34.5 Å². The Bertz CT molecular complexity index is 637. The van der Waals surface area contributed by atoms with Gasteiger partial charge in [-0.3, -0.25) is 4.79 Å². The molecule has 2 rings (SSSR count). The van der Waals surface area contributed by atoms with Crippen molar-refractivity contribution in [2.75, 3.05) is 5.75 Å². The lowest BCUT2D eigenvalue weighted by Crippen LogP contribution is -2.25. The zero-order valence-corrected chi connectivity index (χ0v) is 13.5. The quantitative estimate of drug-likeness (QED) is 0.518. The van der Waals surface area contributed by atoms with Crippen LogP contribution in [0.2, 0.25) is 0 Å². The van der Waals surface area contributed by atoms with E-state index in [0.29, 0.717) is 0 Å². The molecule has 0 aliphatic heterocycles. The molecule has 0 fully saturated rings. The monoisotopic (exact) mass is 304 g/mol. The van der Waals surface area contributed by atoms with Gasteiger partial charge < -0.3 is 4.98 Å². The molecule has 2 N–H and O–H groups in total. The number of hydrogen-bond acceptors (Lipinski definition) is 4. The van der Waals surface area contributed by atoms with E-state index in [4.69, 9.17) is 0 Å². The maximum atomic E-state index is 11.8. The summed E-state index contributed by atoms with van der Waals surface area (Å²) in [5.74, 6) is 0.143. The lowest BCUT2D eigenvalue weighted by Gasteiger charge is -2.17. The molecule has 6 heteroatoms. The summed E-state index contributed by atoms with van der Waals surface area (Å²) < 4.78 is 0. The SMILES string of the molecule is C/C(=N\NC(=O)CSc1nc2ccccc2[nH]1)C(C)(C)C. The van der Waals surface area contributed by atoms with Gasteiger partial charge in [-0.1, -0.05) is 44.7 Å². The van der Waals surface area contributed by atoms with Crippen LogP contribution in [0.25, 0.3) is 11.0 Å². The first-order valence-electron chi connectivity index (χ1n) is 6.77. The Labute approximate surface area is 128 Å². The summed E-state index contributed by atoms with van der Waals surface area (Å²) in [6, 6.07) is 7.79. The molecule has 1 amide bonds. The Morgan fingerprint density at radius 1 is 1.38 bits per heavy atom. The molecule has 0 unspecified atom stereocenters. The van der Waals surface area contributed by atoms with Crippen molar-refractivity contribution in [2.45, 2.75) is 32.9 Å². The molecule has 0 bridgehead atoms. The van der Waals surface area contributed by atoms with Crippen molar-refractivity contribution in [3.05, 3.63) is 24.3 Å². The lowest BCUT2D eigenvalue weighted by atomic mass is 9.91. The van der Waals surface area contributed by atoms with Gasteiger partial charge in [0.1, 0.15) is 0 Å². The number of rotatable bonds is 4. The molecule has 112 valence electrons. The minimum atomic E-state index is -0.135. The van der Waals surface area contributed by atoms with Crippen LogP contribution < -0.4 is 5.43 Å². The van der Waals surface area contributed by atoms with E-state index in [-0.39, 0.29) is 17.1 Å². The Morgan fingerprint density at radius 2 is 2.10 bits per heavy atom. The molecule has 2 aromatic rings. The van der Waals surface area contributed by atoms with Crippen molar-refractivity contribution in [3.63, 3.8) is 0 Å². The number of fused-ring (bicyclic) bond motifs is 1. The third-order valence-corrected chi connectivity index (χ3v) is 4.01. The molecular formula is C15H20N4OS. The number of carbonyl (C=O) groups excluding carboxylic acids is 1. The van der Waals surface area contributed by atoms with Gasteiger partial charge in [0.15, 0.2) is 5.16 Å². The van der Waals surface area contributed by atoms with Crippen LogP contribution in [0.4, 0.5) is 0 Å². The average molecular weight is 304 g/mol. The lowest BCUT2D eigenvalue weighted by molar-refractivity contribution is -0.118. The molecule has 0 saturated carbocycles. The maximum absolute atomic E-state index is 11.8. The number of amides is 1. The molecule has 21 heavy (non-hydrogen) atoms. The van der Waals surface area contributed by atoms with E-state index in [1.807, 2.05) is 31.2 Å². The van der Waals surface area contributed by atoms with Gasteiger partial charge in [0.25, 0.3) is 5.91 Å². The van der Waals surface area contributed by atoms with E-state index in [1.54, 1.807) is 0 Å². The minimum Gasteiger partial charge on any atom is -0.333 e. The van der Waals surface area contributed by atoms with Gasteiger partial charge in [-0.2, -0.15) is 5.10 Å². The van der Waals surface area contributed by atoms with Crippen molar-refractivity contribution in [1.82, 2.24) is 15.4 Å². The van der Waals surface area contributed by atoms with E-state index in [2.05, 4.69) is 41.3 Å². The number of hydrogen-bond donors (Lipinski definition) is 2. The van der Waals surface area contributed by atoms with Crippen molar-refractivity contribution in [3.8, 4) is 0 Å². The first-order chi connectivity index (χ1) is 9.86. The van der Waals surface area contributed by atoms with Gasteiger partial charge >= 0.3 is 0 Å². The summed E-state index contributed by atoms with van der Waals surface area (Å²) in [5, 5.41) is 4.86. The number of para-hydroxylation sites is 2. The normalized spacial score (nSPS) is 12.7. The molecule has 0 aliphatic carbocycles. The number of hydrazone groups is 1. The molecule has 0 radical (unpaired) electrons. The van der Waals surface area contributed by atoms with Crippen LogP contribution in [0.5, 0.6) is 0 Å². The third-order valence-electron chi connectivity index (χ3n) is 3.14. The van der Waals surface area contributed by atoms with E-state index >= 15 is 0 Å². The number of imidazole rings is 1. The molecule has 0 spiro atoms. The first-order valence-corrected chi connectivity index (χ1v) is 7.76. The number of carbonyl (C=O) groups is 1. The third kappa shape index (κ3) is 4.32. The molecule has 0 aliphatic rings. The van der Waals surface area contributed by atoms with Gasteiger partial charge in [-0.25, -0.2) is 10.4 Å². The highest BCUT2D eigenvalue weighted by molar-refractivity contribution is 7.99. The molecule has 0 atom stereocenters. The van der Waals surface area contributed by atoms with E-state index < -0.39 is 0 Å². The highest BCUT2D eigenvalue weighted by atomic mass is 32.2. The zero-order chi connectivity index (χ0) is 15.5. The molecule has 1 aromatic carbocycles. The molecular weight excluding hydrogens is 284 g/mol. The van der Waals surface area contributed by atoms with Gasteiger partial charge in [-0.05, 0) is 19.1 Å². The van der Waals surface area contributed by atoms with Gasteiger partial charge in [0, 0.05) is 11.1 Å². The first kappa shape index (κ1) is 15.6. The molecule has 5 nitrogen and oxygen atoms in total. The second kappa shape index (κ2) is 6.30. The van der Waals surface area contributed by atoms with Gasteiger partial charge in [0.05, 0.1) is 16.8 Å². The summed E-state index contributed by atoms with van der Waals surface area (Å²) in [5.41, 5.74) is 5.31. The van der Waals surface area contributed by atoms with Crippen molar-refractivity contribution < 1.29 is 4.79 Å². The number of thioether (sulfide) groups is 1. The average Bonchev–Trinajstić information content (AvgIpc) is 2.84. The number of nitrogens with one attached hydrogen (secondary N) is 2. The minimum absolute atomic E-state index is 0.0425. The van der Waals surface area contributed by atoms with Crippen molar-refractivity contribution in [1.29, 1.82) is 0 Å². The smallest absolute Gasteiger partial charge is 0.250 e. The second-order valence-corrected chi connectivity index (χ2v) is 6.79. The number of H-pyrrole nitrogens is 1. The number of benzene rings is 1. The summed E-state index contributed by atoms with van der Waals surface area (Å²) >= 11 is 1.37. The van der Waals surface area contributed by atoms with E-state index in [1.165, 1.54) is 11.8 Å². The summed E-state index contributed by atoms with van der Waals surface area (Å²) in [4.78, 5) is 19.4. The molecule has 0 saturated heterocycles. The molecule has 1 aromatic heterocycles. The highest BCUT2D eigenvalue weighted by Gasteiger charge is 2.14. The largest absolute Gasteiger partial charge is 0.333 e. The van der Waals surface area contributed by atoms with Crippen LogP contribution in [0, 0.1) is 5.41 Å². The maximum Gasteiger partial charge on any atom is 0.250 e. The standard InChI is InChI=1S/C15H20N4OS/c1-10(15(2,3)4)18-19-13(20)9-21-14-16-11-7-5-6-8-12(11)17-14/h5-8H,9H2,1-4H3,(H,16,17)(H,19,20)/b18-10+. The summed E-state index contributed by atoms with van der Waals surface area (Å²) in [7, 11) is 0. The molecule has 1 heterocycles. The van der Waals surface area contributed by atoms with Crippen molar-refractivity contribution >= 4 is 34.4 Å².